The van der Waals surface area contributed by atoms with Crippen molar-refractivity contribution in [2.24, 2.45) is 0 Å². The van der Waals surface area contributed by atoms with Gasteiger partial charge in [-0.25, -0.2) is 0 Å². The molecule has 2 heterocycles. The maximum Gasteiger partial charge on any atom is 0.259 e. The van der Waals surface area contributed by atoms with Crippen LogP contribution in [-0.2, 0) is 4.74 Å². The highest BCUT2D eigenvalue weighted by atomic mass is 16.5. The summed E-state index contributed by atoms with van der Waals surface area (Å²) in [6, 6.07) is 13.7. The molecule has 1 saturated heterocycles. The molecule has 4 rings (SSSR count). The summed E-state index contributed by atoms with van der Waals surface area (Å²) in [5, 5.41) is 2.99. The van der Waals surface area contributed by atoms with Crippen LogP contribution in [0.4, 0.5) is 11.4 Å². The van der Waals surface area contributed by atoms with Crippen LogP contribution in [0.1, 0.15) is 35.7 Å². The fraction of sp³-hybridized carbons (Fsp3) is 0.381. The number of amides is 1. The summed E-state index contributed by atoms with van der Waals surface area (Å²) in [5.41, 5.74) is 3.63. The van der Waals surface area contributed by atoms with E-state index in [4.69, 9.17) is 9.47 Å². The van der Waals surface area contributed by atoms with Crippen LogP contribution in [0, 0.1) is 0 Å². The first kappa shape index (κ1) is 16.9. The highest BCUT2D eigenvalue weighted by Crippen LogP contribution is 2.40. The number of hydrogen-bond acceptors (Lipinski definition) is 4. The number of rotatable bonds is 3. The van der Waals surface area contributed by atoms with Crippen molar-refractivity contribution in [3.63, 3.8) is 0 Å². The maximum absolute atomic E-state index is 12.8. The minimum Gasteiger partial charge on any atom is -0.489 e. The molecular weight excluding hydrogens is 328 g/mol. The molecule has 0 aliphatic carbocycles. The Bertz CT molecular complexity index is 797. The molecule has 2 aromatic carbocycles. The molecule has 0 saturated carbocycles. The van der Waals surface area contributed by atoms with Gasteiger partial charge in [0.1, 0.15) is 11.9 Å². The number of morpholine rings is 1. The van der Waals surface area contributed by atoms with Crippen LogP contribution in [0.3, 0.4) is 0 Å². The molecule has 0 spiro atoms. The quantitative estimate of drug-likeness (QED) is 0.916. The lowest BCUT2D eigenvalue weighted by molar-refractivity contribution is 0.102. The van der Waals surface area contributed by atoms with Gasteiger partial charge in [-0.05, 0) is 37.3 Å². The van der Waals surface area contributed by atoms with Gasteiger partial charge in [0.15, 0.2) is 0 Å². The highest BCUT2D eigenvalue weighted by molar-refractivity contribution is 6.06. The maximum atomic E-state index is 12.8. The van der Waals surface area contributed by atoms with Gasteiger partial charge in [0.2, 0.25) is 0 Å². The Hall–Kier alpha value is -2.53. The topological polar surface area (TPSA) is 50.8 Å². The number of ether oxygens (including phenoxy) is 2. The number of nitrogens with one attached hydrogen (secondary N) is 1. The Morgan fingerprint density at radius 1 is 1.08 bits per heavy atom. The summed E-state index contributed by atoms with van der Waals surface area (Å²) in [7, 11) is 0. The zero-order valence-electron chi connectivity index (χ0n) is 15.2. The zero-order chi connectivity index (χ0) is 18.1. The molecule has 2 unspecified atom stereocenters. The van der Waals surface area contributed by atoms with Gasteiger partial charge in [-0.15, -0.1) is 0 Å². The monoisotopic (exact) mass is 352 g/mol. The number of carbonyl (C=O) groups excluding carboxylic acids is 1. The van der Waals surface area contributed by atoms with Crippen molar-refractivity contribution in [1.29, 1.82) is 0 Å². The lowest BCUT2D eigenvalue weighted by atomic mass is 9.97. The molecule has 1 amide bonds. The largest absolute Gasteiger partial charge is 0.489 e. The van der Waals surface area contributed by atoms with Crippen LogP contribution >= 0.6 is 0 Å². The van der Waals surface area contributed by atoms with Crippen LogP contribution in [0.25, 0.3) is 0 Å². The number of benzene rings is 2. The van der Waals surface area contributed by atoms with E-state index < -0.39 is 0 Å². The molecule has 136 valence electrons. The lowest BCUT2D eigenvalue weighted by Crippen LogP contribution is -2.36. The van der Waals surface area contributed by atoms with E-state index in [2.05, 4.69) is 17.1 Å². The smallest absolute Gasteiger partial charge is 0.259 e. The van der Waals surface area contributed by atoms with Gasteiger partial charge in [-0.2, -0.15) is 0 Å². The summed E-state index contributed by atoms with van der Waals surface area (Å²) < 4.78 is 11.3. The molecule has 2 aliphatic rings. The van der Waals surface area contributed by atoms with Gasteiger partial charge in [0, 0.05) is 35.9 Å². The minimum absolute atomic E-state index is 0.0896. The Morgan fingerprint density at radius 3 is 2.54 bits per heavy atom. The number of para-hydroxylation sites is 1. The van der Waals surface area contributed by atoms with Crippen LogP contribution < -0.4 is 15.0 Å². The predicted molar refractivity (Wildman–Crippen MR) is 102 cm³/mol. The van der Waals surface area contributed by atoms with Crippen molar-refractivity contribution in [3.8, 4) is 5.75 Å². The van der Waals surface area contributed by atoms with E-state index in [1.807, 2.05) is 49.4 Å². The van der Waals surface area contributed by atoms with Crippen LogP contribution in [-0.4, -0.2) is 38.3 Å². The average molecular weight is 352 g/mol. The lowest BCUT2D eigenvalue weighted by Gasteiger charge is -2.28. The third-order valence-corrected chi connectivity index (χ3v) is 5.29. The molecule has 0 aromatic heterocycles. The summed E-state index contributed by atoms with van der Waals surface area (Å²) in [4.78, 5) is 15.0. The first-order valence-corrected chi connectivity index (χ1v) is 9.17. The molecular formula is C21H24N2O3. The number of hydrogen-bond donors (Lipinski definition) is 1. The number of fused-ring (bicyclic) bond motifs is 1. The van der Waals surface area contributed by atoms with Crippen molar-refractivity contribution in [3.05, 3.63) is 53.6 Å². The molecule has 1 fully saturated rings. The Balaban J connectivity index is 1.49. The third kappa shape index (κ3) is 3.15. The highest BCUT2D eigenvalue weighted by Gasteiger charge is 2.31. The van der Waals surface area contributed by atoms with Crippen LogP contribution in [0.5, 0.6) is 5.75 Å². The fourth-order valence-electron chi connectivity index (χ4n) is 3.54. The van der Waals surface area contributed by atoms with Gasteiger partial charge >= 0.3 is 0 Å². The number of nitrogens with zero attached hydrogens (tertiary/aromatic N) is 1. The molecule has 5 heteroatoms. The average Bonchev–Trinajstić information content (AvgIpc) is 2.97. The number of carbonyl (C=O) groups is 1. The van der Waals surface area contributed by atoms with Crippen molar-refractivity contribution in [2.45, 2.75) is 25.9 Å². The second-order valence-corrected chi connectivity index (χ2v) is 6.94. The van der Waals surface area contributed by atoms with E-state index in [-0.39, 0.29) is 12.0 Å². The second kappa shape index (κ2) is 7.00. The fourth-order valence-corrected chi connectivity index (χ4v) is 3.54. The minimum atomic E-state index is -0.137. The normalized spacial score (nSPS) is 21.8. The number of anilines is 2. The second-order valence-electron chi connectivity index (χ2n) is 6.94. The van der Waals surface area contributed by atoms with Gasteiger partial charge < -0.3 is 19.7 Å². The third-order valence-electron chi connectivity index (χ3n) is 5.29. The van der Waals surface area contributed by atoms with Gasteiger partial charge in [0.25, 0.3) is 5.91 Å². The van der Waals surface area contributed by atoms with Crippen LogP contribution in [0.2, 0.25) is 0 Å². The first-order valence-electron chi connectivity index (χ1n) is 9.17. The first-order chi connectivity index (χ1) is 12.6. The molecule has 0 bridgehead atoms. The summed E-state index contributed by atoms with van der Waals surface area (Å²) in [6.07, 6.45) is 0.0896. The van der Waals surface area contributed by atoms with Crippen molar-refractivity contribution in [1.82, 2.24) is 0 Å². The van der Waals surface area contributed by atoms with Gasteiger partial charge in [-0.3, -0.25) is 4.79 Å². The van der Waals surface area contributed by atoms with Crippen molar-refractivity contribution < 1.29 is 14.3 Å². The Labute approximate surface area is 153 Å². The SMILES string of the molecule is CC1Oc2c(C(=O)Nc3ccc(N4CCOCC4)cc3)cccc2C1C. The molecule has 0 radical (unpaired) electrons. The van der Waals surface area contributed by atoms with E-state index in [0.29, 0.717) is 11.5 Å². The standard InChI is InChI=1S/C21H24N2O3/c1-14-15(2)26-20-18(14)4-3-5-19(20)21(24)22-16-6-8-17(9-7-16)23-10-12-25-13-11-23/h3-9,14-15H,10-13H2,1-2H3,(H,22,24). The molecule has 2 atom stereocenters. The van der Waals surface area contributed by atoms with Gasteiger partial charge in [0.05, 0.1) is 18.8 Å². The van der Waals surface area contributed by atoms with Crippen molar-refractivity contribution in [2.75, 3.05) is 36.5 Å². The Morgan fingerprint density at radius 2 is 1.81 bits per heavy atom. The van der Waals surface area contributed by atoms with E-state index in [1.165, 1.54) is 0 Å². The predicted octanol–water partition coefficient (Wildman–Crippen LogP) is 3.66. The molecule has 26 heavy (non-hydrogen) atoms. The van der Waals surface area contributed by atoms with E-state index in [0.717, 1.165) is 49.0 Å². The van der Waals surface area contributed by atoms with E-state index in [9.17, 15) is 4.79 Å². The molecule has 1 N–H and O–H groups in total. The summed E-state index contributed by atoms with van der Waals surface area (Å²) >= 11 is 0. The zero-order valence-corrected chi connectivity index (χ0v) is 15.2. The van der Waals surface area contributed by atoms with E-state index >= 15 is 0 Å². The summed E-state index contributed by atoms with van der Waals surface area (Å²) in [5.74, 6) is 0.878. The van der Waals surface area contributed by atoms with Gasteiger partial charge in [-0.1, -0.05) is 19.1 Å². The van der Waals surface area contributed by atoms with Crippen molar-refractivity contribution >= 4 is 17.3 Å². The molecule has 2 aliphatic heterocycles. The molecule has 5 nitrogen and oxygen atoms in total. The Kier molecular flexibility index (Phi) is 4.55. The molecule has 2 aromatic rings. The van der Waals surface area contributed by atoms with E-state index in [1.54, 1.807) is 0 Å². The van der Waals surface area contributed by atoms with Crippen LogP contribution in [0.15, 0.2) is 42.5 Å². The summed E-state index contributed by atoms with van der Waals surface area (Å²) in [6.45, 7) is 7.48.